The molecule has 19 heavy (non-hydrogen) atoms. The van der Waals surface area contributed by atoms with E-state index < -0.39 is 0 Å². The van der Waals surface area contributed by atoms with E-state index in [9.17, 15) is 4.79 Å². The van der Waals surface area contributed by atoms with Crippen LogP contribution in [0.15, 0.2) is 0 Å². The summed E-state index contributed by atoms with van der Waals surface area (Å²) in [6.45, 7) is 4.57. The minimum absolute atomic E-state index is 0.110. The third-order valence-corrected chi connectivity index (χ3v) is 4.19. The molecule has 2 nitrogen and oxygen atoms in total. The van der Waals surface area contributed by atoms with Crippen molar-refractivity contribution in [3.05, 3.63) is 0 Å². The van der Waals surface area contributed by atoms with Gasteiger partial charge in [0.25, 0.3) is 0 Å². The molecule has 0 heterocycles. The first-order valence-electron chi connectivity index (χ1n) is 8.03. The number of alkyl halides is 1. The quantitative estimate of drug-likeness (QED) is 0.248. The fourth-order valence-corrected chi connectivity index (χ4v) is 2.62. The third kappa shape index (κ3) is 12.7. The number of halogens is 1. The van der Waals surface area contributed by atoms with Crippen LogP contribution in [-0.4, -0.2) is 17.4 Å². The highest BCUT2D eigenvalue weighted by Gasteiger charge is 2.14. The molecule has 0 fully saturated rings. The molecule has 114 valence electrons. The van der Waals surface area contributed by atoms with Crippen LogP contribution in [0.25, 0.3) is 0 Å². The Morgan fingerprint density at radius 3 is 1.84 bits per heavy atom. The molecule has 0 unspecified atom stereocenters. The summed E-state index contributed by atoms with van der Waals surface area (Å²) in [6, 6.07) is 0. The van der Waals surface area contributed by atoms with Crippen molar-refractivity contribution < 1.29 is 9.53 Å². The van der Waals surface area contributed by atoms with Gasteiger partial charge in [0.2, 0.25) is 0 Å². The highest BCUT2D eigenvalue weighted by Crippen LogP contribution is 2.15. The van der Waals surface area contributed by atoms with E-state index in [1.165, 1.54) is 57.8 Å². The Morgan fingerprint density at radius 2 is 1.37 bits per heavy atom. The topological polar surface area (TPSA) is 26.3 Å². The van der Waals surface area contributed by atoms with Gasteiger partial charge in [0.1, 0.15) is 4.83 Å². The predicted octanol–water partition coefficient (Wildman–Crippen LogP) is 5.62. The van der Waals surface area contributed by atoms with E-state index in [1.54, 1.807) is 0 Å². The number of hydrogen-bond acceptors (Lipinski definition) is 2. The summed E-state index contributed by atoms with van der Waals surface area (Å²) in [6.07, 6.45) is 14.2. The molecule has 0 aromatic carbocycles. The third-order valence-electron chi connectivity index (χ3n) is 3.35. The lowest BCUT2D eigenvalue weighted by Gasteiger charge is -2.08. The second-order valence-corrected chi connectivity index (χ2v) is 6.30. The largest absolute Gasteiger partial charge is 0.465 e. The number of esters is 1. The van der Waals surface area contributed by atoms with Gasteiger partial charge >= 0.3 is 5.97 Å². The summed E-state index contributed by atoms with van der Waals surface area (Å²) in [5, 5.41) is 0. The number of hydrogen-bond donors (Lipinski definition) is 0. The highest BCUT2D eigenvalue weighted by atomic mass is 79.9. The van der Waals surface area contributed by atoms with Crippen molar-refractivity contribution in [1.82, 2.24) is 0 Å². The standard InChI is InChI=1S/C16H31BrO2/c1-3-5-6-7-8-9-10-11-12-13-14-15(17)16(18)19-4-2/h15H,3-14H2,1-2H3/t15-/m0/s1. The molecule has 0 saturated heterocycles. The molecule has 0 aliphatic rings. The monoisotopic (exact) mass is 334 g/mol. The Bertz CT molecular complexity index is 207. The van der Waals surface area contributed by atoms with Gasteiger partial charge in [0, 0.05) is 0 Å². The van der Waals surface area contributed by atoms with Gasteiger partial charge in [-0.15, -0.1) is 0 Å². The molecule has 0 aliphatic heterocycles. The van der Waals surface area contributed by atoms with Gasteiger partial charge in [0.05, 0.1) is 6.61 Å². The Hall–Kier alpha value is -0.0500. The Balaban J connectivity index is 3.20. The molecule has 0 N–H and O–H groups in total. The normalized spacial score (nSPS) is 12.4. The molecule has 0 saturated carbocycles. The Labute approximate surface area is 127 Å². The average Bonchev–Trinajstić information content (AvgIpc) is 2.41. The van der Waals surface area contributed by atoms with E-state index in [0.717, 1.165) is 12.8 Å². The van der Waals surface area contributed by atoms with Gasteiger partial charge in [-0.3, -0.25) is 4.79 Å². The van der Waals surface area contributed by atoms with Gasteiger partial charge in [-0.2, -0.15) is 0 Å². The van der Waals surface area contributed by atoms with Gasteiger partial charge in [-0.05, 0) is 13.3 Å². The molecule has 0 rings (SSSR count). The van der Waals surface area contributed by atoms with Crippen molar-refractivity contribution in [3.63, 3.8) is 0 Å². The van der Waals surface area contributed by atoms with Gasteiger partial charge in [-0.1, -0.05) is 87.1 Å². The van der Waals surface area contributed by atoms with Crippen LogP contribution in [0.2, 0.25) is 0 Å². The maximum Gasteiger partial charge on any atom is 0.319 e. The zero-order chi connectivity index (χ0) is 14.3. The van der Waals surface area contributed by atoms with Gasteiger partial charge in [-0.25, -0.2) is 0 Å². The van der Waals surface area contributed by atoms with Gasteiger partial charge < -0.3 is 4.74 Å². The summed E-state index contributed by atoms with van der Waals surface area (Å²) >= 11 is 3.39. The molecule has 0 aliphatic carbocycles. The van der Waals surface area contributed by atoms with Crippen LogP contribution in [0, 0.1) is 0 Å². The number of unbranched alkanes of at least 4 members (excludes halogenated alkanes) is 9. The van der Waals surface area contributed by atoms with Crippen LogP contribution in [0.5, 0.6) is 0 Å². The summed E-state index contributed by atoms with van der Waals surface area (Å²) < 4.78 is 4.96. The molecular weight excluding hydrogens is 304 g/mol. The summed E-state index contributed by atoms with van der Waals surface area (Å²) in [7, 11) is 0. The number of carbonyl (C=O) groups excluding carboxylic acids is 1. The van der Waals surface area contributed by atoms with Crippen LogP contribution in [-0.2, 0) is 9.53 Å². The van der Waals surface area contributed by atoms with E-state index in [0.29, 0.717) is 6.61 Å². The molecule has 0 spiro atoms. The van der Waals surface area contributed by atoms with E-state index in [1.807, 2.05) is 6.92 Å². The lowest BCUT2D eigenvalue weighted by molar-refractivity contribution is -0.142. The van der Waals surface area contributed by atoms with Crippen molar-refractivity contribution >= 4 is 21.9 Å². The van der Waals surface area contributed by atoms with E-state index in [4.69, 9.17) is 4.74 Å². The molecule has 3 heteroatoms. The van der Waals surface area contributed by atoms with Crippen molar-refractivity contribution in [1.29, 1.82) is 0 Å². The SMILES string of the molecule is CCCCCCCCCCCC[C@H](Br)C(=O)OCC. The van der Waals surface area contributed by atoms with Crippen LogP contribution in [0.1, 0.15) is 84.5 Å². The van der Waals surface area contributed by atoms with Crippen LogP contribution in [0.3, 0.4) is 0 Å². The van der Waals surface area contributed by atoms with E-state index in [-0.39, 0.29) is 10.8 Å². The Kier molecular flexibility index (Phi) is 14.3. The van der Waals surface area contributed by atoms with Crippen LogP contribution < -0.4 is 0 Å². The zero-order valence-electron chi connectivity index (χ0n) is 12.8. The maximum absolute atomic E-state index is 11.4. The van der Waals surface area contributed by atoms with Crippen molar-refractivity contribution in [2.75, 3.05) is 6.61 Å². The fraction of sp³-hybridized carbons (Fsp3) is 0.938. The van der Waals surface area contributed by atoms with Crippen LogP contribution in [0.4, 0.5) is 0 Å². The van der Waals surface area contributed by atoms with E-state index in [2.05, 4.69) is 22.9 Å². The summed E-state index contributed by atoms with van der Waals surface area (Å²) in [5.41, 5.74) is 0. The minimum Gasteiger partial charge on any atom is -0.465 e. The first kappa shape index (κ1) is 18.9. The number of rotatable bonds is 13. The lowest BCUT2D eigenvalue weighted by atomic mass is 10.1. The van der Waals surface area contributed by atoms with Crippen LogP contribution >= 0.6 is 15.9 Å². The molecule has 0 aromatic heterocycles. The molecular formula is C16H31BrO2. The highest BCUT2D eigenvalue weighted by molar-refractivity contribution is 9.10. The predicted molar refractivity (Wildman–Crippen MR) is 85.8 cm³/mol. The zero-order valence-corrected chi connectivity index (χ0v) is 14.3. The Morgan fingerprint density at radius 1 is 0.895 bits per heavy atom. The maximum atomic E-state index is 11.4. The summed E-state index contributed by atoms with van der Waals surface area (Å²) in [5.74, 6) is -0.113. The first-order valence-corrected chi connectivity index (χ1v) is 8.94. The van der Waals surface area contributed by atoms with Gasteiger partial charge in [0.15, 0.2) is 0 Å². The lowest BCUT2D eigenvalue weighted by Crippen LogP contribution is -2.17. The second-order valence-electron chi connectivity index (χ2n) is 5.19. The molecule has 0 radical (unpaired) electrons. The molecule has 1 atom stereocenters. The summed E-state index contributed by atoms with van der Waals surface area (Å²) in [4.78, 5) is 11.3. The molecule has 0 aromatic rings. The second kappa shape index (κ2) is 14.4. The molecule has 0 bridgehead atoms. The molecule has 0 amide bonds. The van der Waals surface area contributed by atoms with Crippen molar-refractivity contribution in [3.8, 4) is 0 Å². The van der Waals surface area contributed by atoms with Crippen molar-refractivity contribution in [2.45, 2.75) is 89.3 Å². The first-order chi connectivity index (χ1) is 9.22. The van der Waals surface area contributed by atoms with E-state index >= 15 is 0 Å². The smallest absolute Gasteiger partial charge is 0.319 e. The fourth-order valence-electron chi connectivity index (χ4n) is 2.16. The minimum atomic E-state index is -0.113. The average molecular weight is 335 g/mol. The number of carbonyl (C=O) groups is 1. The van der Waals surface area contributed by atoms with Crippen molar-refractivity contribution in [2.24, 2.45) is 0 Å². The number of ether oxygens (including phenoxy) is 1.